The molecule has 0 radical (unpaired) electrons. The first-order chi connectivity index (χ1) is 23.3. The zero-order valence-electron chi connectivity index (χ0n) is 25.3. The lowest BCUT2D eigenvalue weighted by Crippen LogP contribution is -1.99. The van der Waals surface area contributed by atoms with Crippen molar-refractivity contribution in [3.63, 3.8) is 0 Å². The molecule has 4 nitrogen and oxygen atoms in total. The van der Waals surface area contributed by atoms with Gasteiger partial charge in [0.05, 0.1) is 16.6 Å². The van der Waals surface area contributed by atoms with Crippen molar-refractivity contribution in [3.8, 4) is 28.1 Å². The van der Waals surface area contributed by atoms with E-state index in [1.165, 1.54) is 43.8 Å². The summed E-state index contributed by atoms with van der Waals surface area (Å²) < 4.78 is 2.18. The van der Waals surface area contributed by atoms with Crippen molar-refractivity contribution in [1.82, 2.24) is 19.5 Å². The van der Waals surface area contributed by atoms with Gasteiger partial charge in [0.2, 0.25) is 0 Å². The zero-order valence-corrected chi connectivity index (χ0v) is 25.3. The molecule has 6 aromatic carbocycles. The van der Waals surface area contributed by atoms with Gasteiger partial charge in [0, 0.05) is 33.9 Å². The lowest BCUT2D eigenvalue weighted by molar-refractivity contribution is 1.07. The van der Waals surface area contributed by atoms with E-state index in [-0.39, 0.29) is 0 Å². The fourth-order valence-corrected chi connectivity index (χ4v) is 7.43. The largest absolute Gasteiger partial charge is 0.278 e. The predicted octanol–water partition coefficient (Wildman–Crippen LogP) is 10.9. The maximum absolute atomic E-state index is 5.21. The third-order valence-corrected chi connectivity index (χ3v) is 9.46. The Bertz CT molecular complexity index is 2790. The molecule has 0 unspecified atom stereocenters. The number of fused-ring (bicyclic) bond motifs is 8. The Kier molecular flexibility index (Phi) is 5.54. The molecule has 47 heavy (non-hydrogen) atoms. The minimum Gasteiger partial charge on any atom is -0.278 e. The van der Waals surface area contributed by atoms with Crippen LogP contribution < -0.4 is 0 Å². The molecule has 0 saturated heterocycles. The molecule has 0 fully saturated rings. The number of hydrogen-bond donors (Lipinski definition) is 0. The second-order valence-corrected chi connectivity index (χ2v) is 12.0. The average molecular weight is 599 g/mol. The highest BCUT2D eigenvalue weighted by molar-refractivity contribution is 6.22. The lowest BCUT2D eigenvalue weighted by atomic mass is 9.86. The molecule has 0 aliphatic heterocycles. The van der Waals surface area contributed by atoms with Crippen LogP contribution in [-0.4, -0.2) is 19.5 Å². The molecule has 0 aliphatic carbocycles. The molecule has 4 heterocycles. The zero-order chi connectivity index (χ0) is 30.9. The predicted molar refractivity (Wildman–Crippen MR) is 195 cm³/mol. The van der Waals surface area contributed by atoms with E-state index in [4.69, 9.17) is 9.97 Å². The molecule has 4 aromatic heterocycles. The summed E-state index contributed by atoms with van der Waals surface area (Å²) in [5.41, 5.74) is 8.65. The molecule has 0 atom stereocenters. The Labute approximate surface area is 270 Å². The summed E-state index contributed by atoms with van der Waals surface area (Å²) in [5, 5.41) is 9.35. The Hall–Kier alpha value is -6.39. The van der Waals surface area contributed by atoms with Crippen LogP contribution in [0.2, 0.25) is 0 Å². The first-order valence-electron chi connectivity index (χ1n) is 15.9. The van der Waals surface area contributed by atoms with Gasteiger partial charge in [-0.2, -0.15) is 0 Å². The SMILES string of the molecule is c1ccc(-c2c3ccccc3c(-c3ccc4c(c3)c3cccnc3n4-c3ccc4ccc5cccnc5c4n3)c3ccccc23)cc1. The van der Waals surface area contributed by atoms with E-state index in [1.54, 1.807) is 0 Å². The van der Waals surface area contributed by atoms with Gasteiger partial charge in [-0.3, -0.25) is 9.55 Å². The topological polar surface area (TPSA) is 43.6 Å². The van der Waals surface area contributed by atoms with Gasteiger partial charge >= 0.3 is 0 Å². The summed E-state index contributed by atoms with van der Waals surface area (Å²) in [5.74, 6) is 0.824. The minimum absolute atomic E-state index is 0.824. The highest BCUT2D eigenvalue weighted by Crippen LogP contribution is 2.44. The highest BCUT2D eigenvalue weighted by Gasteiger charge is 2.19. The van der Waals surface area contributed by atoms with E-state index in [1.807, 2.05) is 24.5 Å². The molecule has 218 valence electrons. The first-order valence-corrected chi connectivity index (χ1v) is 15.9. The summed E-state index contributed by atoms with van der Waals surface area (Å²) >= 11 is 0. The van der Waals surface area contributed by atoms with Crippen LogP contribution in [0, 0.1) is 0 Å². The maximum atomic E-state index is 5.21. The molecular weight excluding hydrogens is 573 g/mol. The molecule has 4 heteroatoms. The van der Waals surface area contributed by atoms with E-state index in [2.05, 4.69) is 143 Å². The molecular formula is C43H26N4. The summed E-state index contributed by atoms with van der Waals surface area (Å²) in [4.78, 5) is 14.8. The smallest absolute Gasteiger partial charge is 0.146 e. The van der Waals surface area contributed by atoms with Crippen LogP contribution in [0.25, 0.3) is 93.4 Å². The highest BCUT2D eigenvalue weighted by atomic mass is 15.1. The Morgan fingerprint density at radius 2 is 1.00 bits per heavy atom. The lowest BCUT2D eigenvalue weighted by Gasteiger charge is -2.18. The van der Waals surface area contributed by atoms with Gasteiger partial charge in [-0.05, 0) is 86.3 Å². The van der Waals surface area contributed by atoms with Crippen molar-refractivity contribution in [1.29, 1.82) is 0 Å². The van der Waals surface area contributed by atoms with Gasteiger partial charge in [0.25, 0.3) is 0 Å². The Balaban J connectivity index is 1.26. The van der Waals surface area contributed by atoms with E-state index < -0.39 is 0 Å². The summed E-state index contributed by atoms with van der Waals surface area (Å²) in [6.45, 7) is 0. The van der Waals surface area contributed by atoms with Gasteiger partial charge in [0.15, 0.2) is 0 Å². The maximum Gasteiger partial charge on any atom is 0.146 e. The monoisotopic (exact) mass is 598 g/mol. The fraction of sp³-hybridized carbons (Fsp3) is 0. The second kappa shape index (κ2) is 10.1. The van der Waals surface area contributed by atoms with E-state index in [0.29, 0.717) is 0 Å². The number of rotatable bonds is 3. The molecule has 10 aromatic rings. The van der Waals surface area contributed by atoms with Gasteiger partial charge in [-0.1, -0.05) is 103 Å². The van der Waals surface area contributed by atoms with Gasteiger partial charge in [0.1, 0.15) is 11.5 Å². The van der Waals surface area contributed by atoms with Crippen LogP contribution in [0.15, 0.2) is 158 Å². The van der Waals surface area contributed by atoms with Crippen molar-refractivity contribution in [3.05, 3.63) is 158 Å². The molecule has 0 amide bonds. The number of aromatic nitrogens is 4. The van der Waals surface area contributed by atoms with Crippen molar-refractivity contribution in [2.24, 2.45) is 0 Å². The van der Waals surface area contributed by atoms with E-state index >= 15 is 0 Å². The van der Waals surface area contributed by atoms with Crippen LogP contribution in [0.5, 0.6) is 0 Å². The Morgan fingerprint density at radius 1 is 0.404 bits per heavy atom. The summed E-state index contributed by atoms with van der Waals surface area (Å²) in [6, 6.07) is 51.8. The van der Waals surface area contributed by atoms with Crippen molar-refractivity contribution in [2.75, 3.05) is 0 Å². The van der Waals surface area contributed by atoms with Crippen molar-refractivity contribution in [2.45, 2.75) is 0 Å². The van der Waals surface area contributed by atoms with Crippen LogP contribution >= 0.6 is 0 Å². The standard InChI is InChI=1S/C43H26N4/c1-2-10-27(11-3-1)39-31-13-4-6-15-33(31)40(34-16-7-5-14-32(34)39)30-20-22-37-36(26-30)35-17-9-25-45-43(35)47(37)38-23-21-29-19-18-28-12-8-24-44-41(28)42(29)46-38/h1-26H. The van der Waals surface area contributed by atoms with Crippen molar-refractivity contribution < 1.29 is 0 Å². The number of nitrogens with zero attached hydrogens (tertiary/aromatic N) is 4. The average Bonchev–Trinajstić information content (AvgIpc) is 3.47. The summed E-state index contributed by atoms with van der Waals surface area (Å²) in [6.07, 6.45) is 3.69. The van der Waals surface area contributed by atoms with Crippen LogP contribution in [0.4, 0.5) is 0 Å². The molecule has 0 N–H and O–H groups in total. The van der Waals surface area contributed by atoms with Gasteiger partial charge in [-0.25, -0.2) is 9.97 Å². The van der Waals surface area contributed by atoms with Crippen LogP contribution in [-0.2, 0) is 0 Å². The van der Waals surface area contributed by atoms with E-state index in [0.717, 1.165) is 49.6 Å². The molecule has 10 rings (SSSR count). The molecule has 0 spiro atoms. The molecule has 0 saturated carbocycles. The van der Waals surface area contributed by atoms with Crippen molar-refractivity contribution >= 4 is 65.3 Å². The normalized spacial score (nSPS) is 11.8. The minimum atomic E-state index is 0.824. The fourth-order valence-electron chi connectivity index (χ4n) is 7.43. The van der Waals surface area contributed by atoms with Crippen LogP contribution in [0.3, 0.4) is 0 Å². The molecule has 0 aliphatic rings. The van der Waals surface area contributed by atoms with Crippen LogP contribution in [0.1, 0.15) is 0 Å². The third kappa shape index (κ3) is 3.85. The number of benzene rings is 6. The van der Waals surface area contributed by atoms with E-state index in [9.17, 15) is 0 Å². The number of hydrogen-bond acceptors (Lipinski definition) is 3. The first kappa shape index (κ1) is 25.9. The Morgan fingerprint density at radius 3 is 1.74 bits per heavy atom. The quantitative estimate of drug-likeness (QED) is 0.150. The number of pyridine rings is 3. The summed E-state index contributed by atoms with van der Waals surface area (Å²) in [7, 11) is 0. The van der Waals surface area contributed by atoms with Gasteiger partial charge < -0.3 is 0 Å². The third-order valence-electron chi connectivity index (χ3n) is 9.46. The van der Waals surface area contributed by atoms with Gasteiger partial charge in [-0.15, -0.1) is 0 Å². The second-order valence-electron chi connectivity index (χ2n) is 12.0. The molecule has 0 bridgehead atoms.